The van der Waals surface area contributed by atoms with Crippen LogP contribution in [0.25, 0.3) is 0 Å². The third-order valence-corrected chi connectivity index (χ3v) is 4.14. The Morgan fingerprint density at radius 1 is 1.14 bits per heavy atom. The zero-order valence-electron chi connectivity index (χ0n) is 11.8. The first-order valence-corrected chi connectivity index (χ1v) is 7.20. The summed E-state index contributed by atoms with van der Waals surface area (Å²) in [7, 11) is 0. The zero-order chi connectivity index (χ0) is 15.1. The molecule has 2 unspecified atom stereocenters. The summed E-state index contributed by atoms with van der Waals surface area (Å²) in [5.41, 5.74) is 7.84. The van der Waals surface area contributed by atoms with Gasteiger partial charge in [0.25, 0.3) is 5.91 Å². The summed E-state index contributed by atoms with van der Waals surface area (Å²) in [6.07, 6.45) is 0. The van der Waals surface area contributed by atoms with Crippen LogP contribution in [-0.2, 0) is 4.79 Å². The third-order valence-electron chi connectivity index (χ3n) is 4.14. The average Bonchev–Trinajstić information content (AvgIpc) is 2.96. The van der Waals surface area contributed by atoms with Crippen LogP contribution in [0.3, 0.4) is 0 Å². The number of hydrogen-bond donors (Lipinski definition) is 1. The van der Waals surface area contributed by atoms with E-state index in [2.05, 4.69) is 5.10 Å². The van der Waals surface area contributed by atoms with E-state index < -0.39 is 5.91 Å². The normalized spacial score (nSPS) is 22.4. The van der Waals surface area contributed by atoms with E-state index in [1.54, 1.807) is 0 Å². The smallest absolute Gasteiger partial charge is 0.265 e. The van der Waals surface area contributed by atoms with Crippen LogP contribution < -0.4 is 15.5 Å². The minimum Gasteiger partial charge on any atom is -0.489 e. The molecule has 0 saturated carbocycles. The van der Waals surface area contributed by atoms with Gasteiger partial charge in [0.1, 0.15) is 23.8 Å². The maximum atomic E-state index is 11.9. The van der Waals surface area contributed by atoms with Crippen LogP contribution in [0.5, 0.6) is 5.75 Å². The van der Waals surface area contributed by atoms with Crippen molar-refractivity contribution in [1.82, 2.24) is 0 Å². The molecule has 5 nitrogen and oxygen atoms in total. The molecule has 2 aromatic rings. The number of amides is 1. The number of benzene rings is 2. The second-order valence-corrected chi connectivity index (χ2v) is 5.43. The largest absolute Gasteiger partial charge is 0.489 e. The van der Waals surface area contributed by atoms with Gasteiger partial charge in [0.05, 0.1) is 12.0 Å². The van der Waals surface area contributed by atoms with Gasteiger partial charge in [0.2, 0.25) is 0 Å². The first kappa shape index (κ1) is 12.9. The van der Waals surface area contributed by atoms with Gasteiger partial charge in [-0.25, -0.2) is 0 Å². The van der Waals surface area contributed by atoms with Crippen LogP contribution in [0, 0.1) is 0 Å². The highest BCUT2D eigenvalue weighted by Gasteiger charge is 2.44. The standard InChI is InChI=1S/C17H15N3O2/c18-17(21)16-15(11-6-2-1-3-7-11)13-10-22-14-9-5-4-8-12(14)20(13)19-16/h1-9,13,15H,10H2,(H2,18,21). The molecule has 0 fully saturated rings. The van der Waals surface area contributed by atoms with Gasteiger partial charge in [-0.2, -0.15) is 5.10 Å². The van der Waals surface area contributed by atoms with E-state index in [-0.39, 0.29) is 12.0 Å². The van der Waals surface area contributed by atoms with Gasteiger partial charge in [-0.05, 0) is 17.7 Å². The highest BCUT2D eigenvalue weighted by Crippen LogP contribution is 2.42. The predicted molar refractivity (Wildman–Crippen MR) is 84.0 cm³/mol. The molecule has 2 aliphatic rings. The summed E-state index contributed by atoms with van der Waals surface area (Å²) < 4.78 is 5.85. The van der Waals surface area contributed by atoms with Crippen molar-refractivity contribution in [3.05, 3.63) is 60.2 Å². The van der Waals surface area contributed by atoms with E-state index in [0.29, 0.717) is 12.3 Å². The molecular formula is C17H15N3O2. The summed E-state index contributed by atoms with van der Waals surface area (Å²) >= 11 is 0. The van der Waals surface area contributed by atoms with E-state index >= 15 is 0 Å². The summed E-state index contributed by atoms with van der Waals surface area (Å²) in [6, 6.07) is 17.5. The molecule has 2 heterocycles. The molecule has 4 rings (SSSR count). The van der Waals surface area contributed by atoms with E-state index in [4.69, 9.17) is 10.5 Å². The van der Waals surface area contributed by atoms with Crippen molar-refractivity contribution in [1.29, 1.82) is 0 Å². The Morgan fingerprint density at radius 2 is 1.86 bits per heavy atom. The van der Waals surface area contributed by atoms with Crippen LogP contribution >= 0.6 is 0 Å². The molecule has 0 aliphatic carbocycles. The molecule has 22 heavy (non-hydrogen) atoms. The van der Waals surface area contributed by atoms with Crippen molar-refractivity contribution in [2.75, 3.05) is 11.6 Å². The van der Waals surface area contributed by atoms with Gasteiger partial charge in [0.15, 0.2) is 0 Å². The van der Waals surface area contributed by atoms with E-state index in [0.717, 1.165) is 17.0 Å². The van der Waals surface area contributed by atoms with Gasteiger partial charge < -0.3 is 10.5 Å². The third kappa shape index (κ3) is 1.86. The lowest BCUT2D eigenvalue weighted by Crippen LogP contribution is -2.41. The molecule has 2 aliphatic heterocycles. The average molecular weight is 293 g/mol. The van der Waals surface area contributed by atoms with E-state index in [1.807, 2.05) is 59.6 Å². The first-order valence-electron chi connectivity index (χ1n) is 7.20. The topological polar surface area (TPSA) is 67.9 Å². The van der Waals surface area contributed by atoms with Crippen molar-refractivity contribution < 1.29 is 9.53 Å². The van der Waals surface area contributed by atoms with Crippen LogP contribution in [-0.4, -0.2) is 24.3 Å². The monoisotopic (exact) mass is 293 g/mol. The molecule has 110 valence electrons. The number of anilines is 1. The van der Waals surface area contributed by atoms with Gasteiger partial charge >= 0.3 is 0 Å². The lowest BCUT2D eigenvalue weighted by molar-refractivity contribution is -0.112. The quantitative estimate of drug-likeness (QED) is 0.919. The van der Waals surface area contributed by atoms with Crippen molar-refractivity contribution in [2.24, 2.45) is 10.8 Å². The van der Waals surface area contributed by atoms with Gasteiger partial charge in [-0.15, -0.1) is 0 Å². The highest BCUT2D eigenvalue weighted by molar-refractivity contribution is 6.41. The minimum atomic E-state index is -0.485. The number of hydrazone groups is 1. The van der Waals surface area contributed by atoms with E-state index in [9.17, 15) is 4.79 Å². The number of nitrogens with zero attached hydrogens (tertiary/aromatic N) is 2. The van der Waals surface area contributed by atoms with Crippen molar-refractivity contribution in [3.8, 4) is 5.75 Å². The second-order valence-electron chi connectivity index (χ2n) is 5.43. The maximum Gasteiger partial charge on any atom is 0.265 e. The molecule has 0 aromatic heterocycles. The number of nitrogens with two attached hydrogens (primary N) is 1. The predicted octanol–water partition coefficient (Wildman–Crippen LogP) is 1.89. The Morgan fingerprint density at radius 3 is 2.64 bits per heavy atom. The molecule has 0 radical (unpaired) electrons. The first-order chi connectivity index (χ1) is 10.8. The number of para-hydroxylation sites is 2. The Bertz CT molecular complexity index is 758. The molecule has 2 N–H and O–H groups in total. The Kier molecular flexibility index (Phi) is 2.85. The molecule has 0 saturated heterocycles. The second kappa shape index (κ2) is 4.87. The van der Waals surface area contributed by atoms with Gasteiger partial charge in [-0.1, -0.05) is 42.5 Å². The Hall–Kier alpha value is -2.82. The molecule has 5 heteroatoms. The number of primary amides is 1. The van der Waals surface area contributed by atoms with Crippen molar-refractivity contribution in [2.45, 2.75) is 12.0 Å². The van der Waals surface area contributed by atoms with Crippen molar-refractivity contribution >= 4 is 17.3 Å². The SMILES string of the molecule is NC(=O)C1=NN2c3ccccc3OCC2C1c1ccccc1. The fourth-order valence-electron chi connectivity index (χ4n) is 3.16. The summed E-state index contributed by atoms with van der Waals surface area (Å²) in [5.74, 6) is 0.118. The van der Waals surface area contributed by atoms with Gasteiger partial charge in [-0.3, -0.25) is 9.80 Å². The molecule has 2 aromatic carbocycles. The van der Waals surface area contributed by atoms with E-state index in [1.165, 1.54) is 0 Å². The molecule has 0 spiro atoms. The highest BCUT2D eigenvalue weighted by atomic mass is 16.5. The number of ether oxygens (including phenoxy) is 1. The van der Waals surface area contributed by atoms with Crippen LogP contribution in [0.1, 0.15) is 11.5 Å². The molecule has 2 atom stereocenters. The number of rotatable bonds is 2. The van der Waals surface area contributed by atoms with Crippen LogP contribution in [0.4, 0.5) is 5.69 Å². The fourth-order valence-corrected chi connectivity index (χ4v) is 3.16. The lowest BCUT2D eigenvalue weighted by Gasteiger charge is -2.33. The summed E-state index contributed by atoms with van der Waals surface area (Å²) in [4.78, 5) is 11.9. The number of carbonyl (C=O) groups excluding carboxylic acids is 1. The number of carbonyl (C=O) groups is 1. The minimum absolute atomic E-state index is 0.0557. The fraction of sp³-hybridized carbons (Fsp3) is 0.176. The Balaban J connectivity index is 1.82. The molecule has 1 amide bonds. The van der Waals surface area contributed by atoms with Crippen LogP contribution in [0.2, 0.25) is 0 Å². The zero-order valence-corrected chi connectivity index (χ0v) is 11.8. The number of hydrogen-bond acceptors (Lipinski definition) is 4. The Labute approximate surface area is 128 Å². The lowest BCUT2D eigenvalue weighted by atomic mass is 9.87. The summed E-state index contributed by atoms with van der Waals surface area (Å²) in [5, 5.41) is 6.38. The van der Waals surface area contributed by atoms with Crippen LogP contribution in [0.15, 0.2) is 59.7 Å². The number of fused-ring (bicyclic) bond motifs is 3. The van der Waals surface area contributed by atoms with Crippen molar-refractivity contribution in [3.63, 3.8) is 0 Å². The maximum absolute atomic E-state index is 11.9. The summed E-state index contributed by atoms with van der Waals surface area (Å²) in [6.45, 7) is 0.469. The van der Waals surface area contributed by atoms with Gasteiger partial charge in [0, 0.05) is 0 Å². The molecule has 0 bridgehead atoms. The molecular weight excluding hydrogens is 278 g/mol.